The third kappa shape index (κ3) is 5.87. The van der Waals surface area contributed by atoms with Crippen LogP contribution in [0.15, 0.2) is 266 Å². The van der Waals surface area contributed by atoms with Crippen LogP contribution in [0.25, 0.3) is 44.5 Å². The Bertz CT molecular complexity index is 3650. The number of ether oxygens (including phenoxy) is 1. The summed E-state index contributed by atoms with van der Waals surface area (Å²) in [6.07, 6.45) is 8.96. The van der Waals surface area contributed by atoms with E-state index in [1.807, 2.05) is 0 Å². The Morgan fingerprint density at radius 2 is 0.814 bits per heavy atom. The van der Waals surface area contributed by atoms with E-state index in [1.54, 1.807) is 0 Å². The molecule has 1 atom stereocenters. The molecule has 0 bridgehead atoms. The fourth-order valence-electron chi connectivity index (χ4n) is 12.6. The van der Waals surface area contributed by atoms with Crippen LogP contribution in [0.2, 0.25) is 0 Å². The molecule has 1 heterocycles. The number of allylic oxidation sites excluding steroid dienone is 4. The molecule has 1 spiro atoms. The molecule has 1 unspecified atom stereocenters. The summed E-state index contributed by atoms with van der Waals surface area (Å²) in [5.74, 6) is 1.74. The molecule has 3 aliphatic carbocycles. The molecular weight excluding hydrogens is 847 g/mol. The highest BCUT2D eigenvalue weighted by molar-refractivity contribution is 5.94. The Morgan fingerprint density at radius 3 is 1.36 bits per heavy atom. The lowest BCUT2D eigenvalue weighted by atomic mass is 9.65. The lowest BCUT2D eigenvalue weighted by Crippen LogP contribution is -2.32. The van der Waals surface area contributed by atoms with Gasteiger partial charge in [0.15, 0.2) is 0 Å². The van der Waals surface area contributed by atoms with Crippen molar-refractivity contribution in [1.82, 2.24) is 0 Å². The van der Waals surface area contributed by atoms with Crippen LogP contribution >= 0.6 is 0 Å². The van der Waals surface area contributed by atoms with Crippen LogP contribution in [-0.2, 0) is 10.8 Å². The van der Waals surface area contributed by atoms with E-state index in [0.717, 1.165) is 63.7 Å². The lowest BCUT2D eigenvalue weighted by molar-refractivity contribution is 0.436. The Hall–Kier alpha value is -8.72. The first-order valence-corrected chi connectivity index (χ1v) is 24.5. The van der Waals surface area contributed by atoms with Crippen LogP contribution in [0.4, 0.5) is 17.1 Å². The van der Waals surface area contributed by atoms with Crippen LogP contribution in [0.5, 0.6) is 11.5 Å². The number of rotatable bonds is 7. The van der Waals surface area contributed by atoms with Crippen molar-refractivity contribution in [2.75, 3.05) is 4.90 Å². The van der Waals surface area contributed by atoms with Gasteiger partial charge in [0.25, 0.3) is 0 Å². The molecule has 70 heavy (non-hydrogen) atoms. The van der Waals surface area contributed by atoms with Crippen molar-refractivity contribution in [3.63, 3.8) is 0 Å². The first-order chi connectivity index (χ1) is 34.7. The number of hydrogen-bond acceptors (Lipinski definition) is 2. The van der Waals surface area contributed by atoms with Crippen molar-refractivity contribution in [2.45, 2.75) is 23.7 Å². The van der Waals surface area contributed by atoms with E-state index in [4.69, 9.17) is 4.74 Å². The summed E-state index contributed by atoms with van der Waals surface area (Å²) in [7, 11) is 0. The molecule has 10 aromatic carbocycles. The number of fused-ring (bicyclic) bond motifs is 12. The van der Waals surface area contributed by atoms with Gasteiger partial charge in [0.2, 0.25) is 0 Å². The Kier molecular flexibility index (Phi) is 9.19. The standard InChI is InChI=1S/C68H47NO/c1-6-20-46(21-7-1)48-34-40-65-63(42-48)68(64-43-49(35-41-66(64)70-65)47-22-8-2-9-23-47)60-33-19-17-31-56(60)58-39-37-54(45-62(58)68)69(52-28-14-5-15-29-52)53-36-38-57-55-30-16-18-32-59(55)67(61(57)44-53,50-24-10-3-11-25-50)51-26-12-4-13-27-51/h1-12,14-26,28-45H,13,27H2. The van der Waals surface area contributed by atoms with Gasteiger partial charge in [0.05, 0.1) is 10.8 Å². The predicted octanol–water partition coefficient (Wildman–Crippen LogP) is 17.6. The second-order valence-electron chi connectivity index (χ2n) is 19.0. The quantitative estimate of drug-likeness (QED) is 0.158. The zero-order chi connectivity index (χ0) is 46.2. The van der Waals surface area contributed by atoms with E-state index in [-0.39, 0.29) is 0 Å². The second-order valence-corrected chi connectivity index (χ2v) is 19.0. The van der Waals surface area contributed by atoms with E-state index in [9.17, 15) is 0 Å². The largest absolute Gasteiger partial charge is 0.457 e. The van der Waals surface area contributed by atoms with E-state index in [2.05, 4.69) is 266 Å². The fraction of sp³-hybridized carbons (Fsp3) is 0.0588. The maximum absolute atomic E-state index is 7.05. The molecule has 10 aromatic rings. The lowest BCUT2D eigenvalue weighted by Gasteiger charge is -2.40. The van der Waals surface area contributed by atoms with E-state index < -0.39 is 10.8 Å². The van der Waals surface area contributed by atoms with Crippen LogP contribution in [-0.4, -0.2) is 0 Å². The minimum Gasteiger partial charge on any atom is -0.457 e. The van der Waals surface area contributed by atoms with Gasteiger partial charge in [0, 0.05) is 28.2 Å². The number of benzene rings is 10. The van der Waals surface area contributed by atoms with Gasteiger partial charge in [-0.15, -0.1) is 0 Å². The summed E-state index contributed by atoms with van der Waals surface area (Å²) in [5.41, 5.74) is 22.0. The smallest absolute Gasteiger partial charge is 0.132 e. The number of anilines is 3. The molecule has 2 nitrogen and oxygen atoms in total. The van der Waals surface area contributed by atoms with Gasteiger partial charge in [-0.25, -0.2) is 0 Å². The average molecular weight is 894 g/mol. The van der Waals surface area contributed by atoms with E-state index in [1.165, 1.54) is 66.8 Å². The van der Waals surface area contributed by atoms with Gasteiger partial charge < -0.3 is 9.64 Å². The molecular formula is C68H47NO. The monoisotopic (exact) mass is 893 g/mol. The maximum Gasteiger partial charge on any atom is 0.132 e. The van der Waals surface area contributed by atoms with Gasteiger partial charge in [-0.1, -0.05) is 206 Å². The van der Waals surface area contributed by atoms with Crippen molar-refractivity contribution < 1.29 is 4.74 Å². The molecule has 0 amide bonds. The Labute approximate surface area is 409 Å². The first-order valence-electron chi connectivity index (χ1n) is 24.5. The normalized spacial score (nSPS) is 16.2. The van der Waals surface area contributed by atoms with Gasteiger partial charge in [0.1, 0.15) is 11.5 Å². The predicted molar refractivity (Wildman–Crippen MR) is 288 cm³/mol. The molecule has 4 aliphatic rings. The van der Waals surface area contributed by atoms with E-state index in [0.29, 0.717) is 0 Å². The maximum atomic E-state index is 7.05. The molecule has 0 radical (unpaired) electrons. The molecule has 330 valence electrons. The molecule has 1 aliphatic heterocycles. The highest BCUT2D eigenvalue weighted by Crippen LogP contribution is 2.64. The van der Waals surface area contributed by atoms with Gasteiger partial charge in [-0.05, 0) is 146 Å². The van der Waals surface area contributed by atoms with Gasteiger partial charge in [-0.3, -0.25) is 0 Å². The highest BCUT2D eigenvalue weighted by atomic mass is 16.5. The molecule has 0 aromatic heterocycles. The van der Waals surface area contributed by atoms with Crippen molar-refractivity contribution >= 4 is 17.1 Å². The number of hydrogen-bond donors (Lipinski definition) is 0. The summed E-state index contributed by atoms with van der Waals surface area (Å²) >= 11 is 0. The minimum absolute atomic E-state index is 0.456. The number of para-hydroxylation sites is 1. The third-order valence-electron chi connectivity index (χ3n) is 15.5. The molecule has 0 N–H and O–H groups in total. The topological polar surface area (TPSA) is 12.5 Å². The zero-order valence-electron chi connectivity index (χ0n) is 38.6. The first kappa shape index (κ1) is 40.4. The summed E-state index contributed by atoms with van der Waals surface area (Å²) in [4.78, 5) is 2.48. The van der Waals surface area contributed by atoms with Crippen LogP contribution in [0, 0.1) is 0 Å². The summed E-state index contributed by atoms with van der Waals surface area (Å²) in [6, 6.07) is 89.8. The molecule has 14 rings (SSSR count). The molecule has 2 heteroatoms. The highest BCUT2D eigenvalue weighted by Gasteiger charge is 2.52. The van der Waals surface area contributed by atoms with Crippen molar-refractivity contribution in [3.05, 3.63) is 305 Å². The Morgan fingerprint density at radius 1 is 0.343 bits per heavy atom. The minimum atomic E-state index is -0.716. The summed E-state index contributed by atoms with van der Waals surface area (Å²) in [5, 5.41) is 0. The van der Waals surface area contributed by atoms with Crippen molar-refractivity contribution in [1.29, 1.82) is 0 Å². The third-order valence-corrected chi connectivity index (χ3v) is 15.5. The molecule has 0 fully saturated rings. The van der Waals surface area contributed by atoms with Crippen molar-refractivity contribution in [3.8, 4) is 56.0 Å². The van der Waals surface area contributed by atoms with Crippen LogP contribution in [0.3, 0.4) is 0 Å². The summed E-state index contributed by atoms with van der Waals surface area (Å²) < 4.78 is 7.05. The Balaban J connectivity index is 1.04. The number of nitrogens with zero attached hydrogens (tertiary/aromatic N) is 1. The van der Waals surface area contributed by atoms with E-state index >= 15 is 0 Å². The van der Waals surface area contributed by atoms with Crippen LogP contribution < -0.4 is 9.64 Å². The summed E-state index contributed by atoms with van der Waals surface area (Å²) in [6.45, 7) is 0. The SMILES string of the molecule is C1=CCCC(C2(c3ccccc3)c3ccccc3-c3ccc(N(c4ccccc4)c4ccc5c(c4)C4(c6cc(-c7ccccc7)ccc6Oc6ccc(-c7ccccc7)cc64)c4ccccc4-5)cc32)=C1. The molecule has 0 saturated carbocycles. The second kappa shape index (κ2) is 15.9. The van der Waals surface area contributed by atoms with Crippen LogP contribution in [0.1, 0.15) is 51.8 Å². The average Bonchev–Trinajstić information content (AvgIpc) is 3.90. The van der Waals surface area contributed by atoms with Gasteiger partial charge >= 0.3 is 0 Å². The zero-order valence-corrected chi connectivity index (χ0v) is 38.6. The van der Waals surface area contributed by atoms with Gasteiger partial charge in [-0.2, -0.15) is 0 Å². The molecule has 0 saturated heterocycles. The fourth-order valence-corrected chi connectivity index (χ4v) is 12.6. The van der Waals surface area contributed by atoms with Crippen molar-refractivity contribution in [2.24, 2.45) is 0 Å².